The van der Waals surface area contributed by atoms with Crippen molar-refractivity contribution in [1.82, 2.24) is 9.97 Å². The number of benzene rings is 4. The fourth-order valence-corrected chi connectivity index (χ4v) is 6.48. The topological polar surface area (TPSA) is 25.8 Å². The third-order valence-corrected chi connectivity index (χ3v) is 8.75. The third kappa shape index (κ3) is 4.17. The number of aromatic nitrogens is 2. The van der Waals surface area contributed by atoms with Crippen LogP contribution >= 0.6 is 0 Å². The van der Waals surface area contributed by atoms with Crippen LogP contribution in [0.15, 0.2) is 97.3 Å². The second-order valence-electron chi connectivity index (χ2n) is 12.3. The Morgan fingerprint density at radius 2 is 1.00 bits per heavy atom. The molecule has 6 aromatic rings. The molecule has 41 heavy (non-hydrogen) atoms. The van der Waals surface area contributed by atoms with Gasteiger partial charge < -0.3 is 0 Å². The summed E-state index contributed by atoms with van der Waals surface area (Å²) in [6.45, 7) is 13.2. The van der Waals surface area contributed by atoms with Crippen molar-refractivity contribution in [2.45, 2.75) is 47.0 Å². The monoisotopic (exact) mass is 530 g/mol. The van der Waals surface area contributed by atoms with Gasteiger partial charge >= 0.3 is 0 Å². The third-order valence-electron chi connectivity index (χ3n) is 8.75. The van der Waals surface area contributed by atoms with E-state index in [0.717, 1.165) is 33.6 Å². The lowest BCUT2D eigenvalue weighted by molar-refractivity contribution is 0.660. The van der Waals surface area contributed by atoms with Gasteiger partial charge in [0.25, 0.3) is 0 Å². The average molecular weight is 531 g/mol. The Morgan fingerprint density at radius 1 is 0.439 bits per heavy atom. The van der Waals surface area contributed by atoms with Crippen molar-refractivity contribution in [1.29, 1.82) is 0 Å². The summed E-state index contributed by atoms with van der Waals surface area (Å²) in [5, 5.41) is 2.40. The van der Waals surface area contributed by atoms with Gasteiger partial charge in [-0.05, 0) is 125 Å². The SMILES string of the molecule is Cc1ccc(-c2cc(-c3ccc4c(c3)C(C)(C)c3cc(C)ccc3-4)cc3c(-c4ccc(C)cn4)cc(C)cc23)nc1. The van der Waals surface area contributed by atoms with Gasteiger partial charge in [-0.15, -0.1) is 0 Å². The molecule has 0 saturated heterocycles. The van der Waals surface area contributed by atoms with Gasteiger partial charge in [0.2, 0.25) is 0 Å². The van der Waals surface area contributed by atoms with Gasteiger partial charge in [-0.1, -0.05) is 67.9 Å². The smallest absolute Gasteiger partial charge is 0.0708 e. The molecule has 2 heterocycles. The van der Waals surface area contributed by atoms with E-state index < -0.39 is 0 Å². The van der Waals surface area contributed by atoms with E-state index in [0.29, 0.717) is 0 Å². The highest BCUT2D eigenvalue weighted by Gasteiger charge is 2.35. The van der Waals surface area contributed by atoms with Crippen molar-refractivity contribution >= 4 is 10.8 Å². The van der Waals surface area contributed by atoms with Gasteiger partial charge in [-0.3, -0.25) is 9.97 Å². The Morgan fingerprint density at radius 3 is 1.63 bits per heavy atom. The van der Waals surface area contributed by atoms with Gasteiger partial charge in [-0.25, -0.2) is 0 Å². The van der Waals surface area contributed by atoms with E-state index in [1.165, 1.54) is 55.3 Å². The van der Waals surface area contributed by atoms with E-state index in [9.17, 15) is 0 Å². The Bertz CT molecular complexity index is 1980. The number of nitrogens with zero attached hydrogens (tertiary/aromatic N) is 2. The molecule has 0 saturated carbocycles. The summed E-state index contributed by atoms with van der Waals surface area (Å²) in [5.74, 6) is 0. The first-order valence-corrected chi connectivity index (χ1v) is 14.4. The van der Waals surface area contributed by atoms with Crippen molar-refractivity contribution in [2.75, 3.05) is 0 Å². The molecule has 0 aliphatic heterocycles. The highest BCUT2D eigenvalue weighted by molar-refractivity contribution is 6.06. The Labute approximate surface area is 242 Å². The molecule has 1 aliphatic rings. The van der Waals surface area contributed by atoms with Crippen molar-refractivity contribution in [2.24, 2.45) is 0 Å². The van der Waals surface area contributed by atoms with Crippen LogP contribution in [0.3, 0.4) is 0 Å². The molecule has 1 aliphatic carbocycles. The maximum atomic E-state index is 4.88. The summed E-state index contributed by atoms with van der Waals surface area (Å²) in [5.41, 5.74) is 17.0. The van der Waals surface area contributed by atoms with Crippen molar-refractivity contribution < 1.29 is 0 Å². The summed E-state index contributed by atoms with van der Waals surface area (Å²) >= 11 is 0. The predicted octanol–water partition coefficient (Wildman–Crippen LogP) is 10.2. The fraction of sp³-hybridized carbons (Fsp3) is 0.179. The van der Waals surface area contributed by atoms with E-state index in [2.05, 4.69) is 126 Å². The second-order valence-corrected chi connectivity index (χ2v) is 12.3. The minimum Gasteiger partial charge on any atom is -0.256 e. The van der Waals surface area contributed by atoms with Gasteiger partial charge in [0.1, 0.15) is 0 Å². The highest BCUT2D eigenvalue weighted by atomic mass is 14.7. The first kappa shape index (κ1) is 25.4. The lowest BCUT2D eigenvalue weighted by atomic mass is 9.81. The molecule has 0 unspecified atom stereocenters. The number of pyridine rings is 2. The number of aryl methyl sites for hydroxylation is 4. The largest absolute Gasteiger partial charge is 0.256 e. The number of hydrogen-bond donors (Lipinski definition) is 0. The van der Waals surface area contributed by atoms with Crippen molar-refractivity contribution in [3.05, 3.63) is 131 Å². The highest BCUT2D eigenvalue weighted by Crippen LogP contribution is 2.50. The first-order chi connectivity index (χ1) is 19.7. The van der Waals surface area contributed by atoms with Gasteiger partial charge in [0.15, 0.2) is 0 Å². The van der Waals surface area contributed by atoms with Crippen LogP contribution in [-0.2, 0) is 5.41 Å². The molecular weight excluding hydrogens is 496 g/mol. The van der Waals surface area contributed by atoms with Crippen molar-refractivity contribution in [3.8, 4) is 44.8 Å². The van der Waals surface area contributed by atoms with E-state index in [1.54, 1.807) is 0 Å². The molecule has 0 amide bonds. The molecule has 2 nitrogen and oxygen atoms in total. The van der Waals surface area contributed by atoms with Crippen LogP contribution in [0.1, 0.15) is 47.2 Å². The Balaban J connectivity index is 1.49. The quantitative estimate of drug-likeness (QED) is 0.227. The second kappa shape index (κ2) is 9.24. The average Bonchev–Trinajstić information content (AvgIpc) is 3.18. The fourth-order valence-electron chi connectivity index (χ4n) is 6.48. The molecule has 0 radical (unpaired) electrons. The number of fused-ring (bicyclic) bond motifs is 4. The molecule has 200 valence electrons. The molecule has 2 heteroatoms. The molecule has 0 fully saturated rings. The lowest BCUT2D eigenvalue weighted by Crippen LogP contribution is -2.15. The van der Waals surface area contributed by atoms with Crippen LogP contribution in [0.2, 0.25) is 0 Å². The van der Waals surface area contributed by atoms with E-state index in [-0.39, 0.29) is 5.41 Å². The maximum absolute atomic E-state index is 4.88. The number of hydrogen-bond acceptors (Lipinski definition) is 2. The van der Waals surface area contributed by atoms with Gasteiger partial charge in [0.05, 0.1) is 11.4 Å². The Hall–Kier alpha value is -4.56. The lowest BCUT2D eigenvalue weighted by Gasteiger charge is -2.22. The van der Waals surface area contributed by atoms with Gasteiger partial charge in [-0.2, -0.15) is 0 Å². The van der Waals surface area contributed by atoms with E-state index in [4.69, 9.17) is 9.97 Å². The first-order valence-electron chi connectivity index (χ1n) is 14.4. The molecular formula is C39H34N2. The minimum absolute atomic E-state index is 0.0566. The van der Waals surface area contributed by atoms with Gasteiger partial charge in [0, 0.05) is 28.9 Å². The zero-order valence-corrected chi connectivity index (χ0v) is 24.6. The van der Waals surface area contributed by atoms with Crippen LogP contribution in [-0.4, -0.2) is 9.97 Å². The molecule has 2 aromatic heterocycles. The molecule has 0 atom stereocenters. The summed E-state index contributed by atoms with van der Waals surface area (Å²) < 4.78 is 0. The molecule has 0 spiro atoms. The summed E-state index contributed by atoms with van der Waals surface area (Å²) in [4.78, 5) is 9.71. The Kier molecular flexibility index (Phi) is 5.73. The van der Waals surface area contributed by atoms with Crippen LogP contribution < -0.4 is 0 Å². The molecule has 0 N–H and O–H groups in total. The molecule has 4 aromatic carbocycles. The van der Waals surface area contributed by atoms with Crippen LogP contribution in [0.5, 0.6) is 0 Å². The standard InChI is InChI=1S/C39H34N2/c1-23-7-11-29-30-12-10-27(20-36(30)39(5,6)35(29)17-23)28-18-32-31(34(19-28)38-14-9-25(3)22-41-38)15-26(4)16-33(32)37-13-8-24(2)21-40-37/h7-22H,1-6H3. The zero-order chi connectivity index (χ0) is 28.5. The molecule has 7 rings (SSSR count). The zero-order valence-electron chi connectivity index (χ0n) is 24.6. The van der Waals surface area contributed by atoms with Crippen LogP contribution in [0, 0.1) is 27.7 Å². The number of rotatable bonds is 3. The normalized spacial score (nSPS) is 13.3. The summed E-state index contributed by atoms with van der Waals surface area (Å²) in [6.07, 6.45) is 3.92. The predicted molar refractivity (Wildman–Crippen MR) is 172 cm³/mol. The molecule has 0 bridgehead atoms. The van der Waals surface area contributed by atoms with Crippen molar-refractivity contribution in [3.63, 3.8) is 0 Å². The maximum Gasteiger partial charge on any atom is 0.0708 e. The van der Waals surface area contributed by atoms with E-state index in [1.807, 2.05) is 12.4 Å². The van der Waals surface area contributed by atoms with Crippen LogP contribution in [0.25, 0.3) is 55.5 Å². The van der Waals surface area contributed by atoms with Crippen LogP contribution in [0.4, 0.5) is 0 Å². The summed E-state index contributed by atoms with van der Waals surface area (Å²) in [6, 6.07) is 31.7. The van der Waals surface area contributed by atoms with E-state index >= 15 is 0 Å². The minimum atomic E-state index is -0.0566. The summed E-state index contributed by atoms with van der Waals surface area (Å²) in [7, 11) is 0.